The average molecular weight is 545 g/mol. The second-order valence-corrected chi connectivity index (χ2v) is 11.8. The molecule has 6 nitrogen and oxygen atoms in total. The molecule has 2 heterocycles. The lowest BCUT2D eigenvalue weighted by Gasteiger charge is -2.29. The first-order valence-corrected chi connectivity index (χ1v) is 14.4. The van der Waals surface area contributed by atoms with E-state index in [9.17, 15) is 14.3 Å². The van der Waals surface area contributed by atoms with Crippen LogP contribution in [0, 0.1) is 17.7 Å². The molecule has 0 spiro atoms. The van der Waals surface area contributed by atoms with Gasteiger partial charge in [0, 0.05) is 24.2 Å². The van der Waals surface area contributed by atoms with Crippen molar-refractivity contribution in [3.63, 3.8) is 0 Å². The van der Waals surface area contributed by atoms with Crippen molar-refractivity contribution in [3.05, 3.63) is 76.7 Å². The smallest absolute Gasteiger partial charge is 0.306 e. The molecule has 3 aliphatic rings. The number of hydrogen-bond acceptors (Lipinski definition) is 5. The third-order valence-electron chi connectivity index (χ3n) is 8.90. The van der Waals surface area contributed by atoms with Crippen LogP contribution in [0.2, 0.25) is 0 Å². The molecule has 2 saturated carbocycles. The molecule has 2 unspecified atom stereocenters. The van der Waals surface area contributed by atoms with Crippen LogP contribution in [0.4, 0.5) is 4.39 Å². The van der Waals surface area contributed by atoms with E-state index in [4.69, 9.17) is 9.47 Å². The number of fused-ring (bicyclic) bond motifs is 1. The third-order valence-corrected chi connectivity index (χ3v) is 8.90. The summed E-state index contributed by atoms with van der Waals surface area (Å²) in [5.74, 6) is 0.0998. The van der Waals surface area contributed by atoms with E-state index in [0.29, 0.717) is 29.9 Å². The van der Waals surface area contributed by atoms with E-state index < -0.39 is 11.9 Å². The summed E-state index contributed by atoms with van der Waals surface area (Å²) in [4.78, 5) is 18.2. The third kappa shape index (κ3) is 5.44. The second kappa shape index (κ2) is 10.8. The molecule has 0 radical (unpaired) electrons. The summed E-state index contributed by atoms with van der Waals surface area (Å²) in [7, 11) is 3.66. The van der Waals surface area contributed by atoms with Crippen LogP contribution in [-0.2, 0) is 17.8 Å². The number of aromatic nitrogens is 1. The van der Waals surface area contributed by atoms with Gasteiger partial charge in [-0.05, 0) is 91.3 Å². The lowest BCUT2D eigenvalue weighted by atomic mass is 9.82. The van der Waals surface area contributed by atoms with Gasteiger partial charge in [0.05, 0.1) is 19.2 Å². The highest BCUT2D eigenvalue weighted by Crippen LogP contribution is 2.48. The highest BCUT2D eigenvalue weighted by molar-refractivity contribution is 5.71. The summed E-state index contributed by atoms with van der Waals surface area (Å²) in [6, 6.07) is 14.7. The zero-order chi connectivity index (χ0) is 28.0. The minimum Gasteiger partial charge on any atom is -0.485 e. The molecular formula is C33H37FN2O4. The maximum atomic E-state index is 15.0. The Morgan fingerprint density at radius 3 is 2.62 bits per heavy atom. The fourth-order valence-electron chi connectivity index (χ4n) is 6.26. The lowest BCUT2D eigenvalue weighted by Crippen LogP contribution is -2.22. The van der Waals surface area contributed by atoms with E-state index in [0.717, 1.165) is 59.3 Å². The van der Waals surface area contributed by atoms with Crippen LogP contribution in [0.25, 0.3) is 11.1 Å². The first-order valence-electron chi connectivity index (χ1n) is 14.4. The number of aryl methyl sites for hydroxylation is 1. The van der Waals surface area contributed by atoms with Crippen molar-refractivity contribution >= 4 is 5.97 Å². The number of methoxy groups -OCH3 is 1. The Labute approximate surface area is 235 Å². The van der Waals surface area contributed by atoms with Crippen LogP contribution < -0.4 is 9.47 Å². The molecule has 210 valence electrons. The van der Waals surface area contributed by atoms with Gasteiger partial charge < -0.3 is 14.6 Å². The normalized spacial score (nSPS) is 20.0. The molecule has 0 amide bonds. The number of carboxylic acids is 1. The summed E-state index contributed by atoms with van der Waals surface area (Å²) in [6.45, 7) is 2.53. The number of hydrogen-bond donors (Lipinski definition) is 1. The van der Waals surface area contributed by atoms with Gasteiger partial charge >= 0.3 is 5.97 Å². The van der Waals surface area contributed by atoms with E-state index in [-0.39, 0.29) is 17.8 Å². The topological polar surface area (TPSA) is 71.9 Å². The van der Waals surface area contributed by atoms with Crippen molar-refractivity contribution in [2.45, 2.75) is 70.1 Å². The standard InChI is InChI=1S/C33H37FN2O4/c1-19(33(37)38)32(21-5-6-21)23-7-4-20-9-13-29(40-30(20)15-23)22-8-12-26(24(14-22)18-36(2)25-10-11-25)27-16-31(39-3)35-17-28(27)34/h4,7-8,12,14-17,19,21,25,29,32H,5-6,9-11,13,18H2,1-3H3,(H,37,38)/t19-,29?,32?/m0/s1. The van der Waals surface area contributed by atoms with Crippen LogP contribution >= 0.6 is 0 Å². The van der Waals surface area contributed by atoms with Crippen molar-refractivity contribution in [1.82, 2.24) is 9.88 Å². The van der Waals surface area contributed by atoms with Crippen LogP contribution in [0.3, 0.4) is 0 Å². The fraction of sp³-hybridized carbons (Fsp3) is 0.455. The number of rotatable bonds is 10. The van der Waals surface area contributed by atoms with Gasteiger partial charge in [-0.25, -0.2) is 9.37 Å². The van der Waals surface area contributed by atoms with E-state index in [1.165, 1.54) is 26.1 Å². The second-order valence-electron chi connectivity index (χ2n) is 11.8. The molecular weight excluding hydrogens is 507 g/mol. The monoisotopic (exact) mass is 544 g/mol. The van der Waals surface area contributed by atoms with Crippen LogP contribution in [0.15, 0.2) is 48.7 Å². The molecule has 1 aliphatic heterocycles. The van der Waals surface area contributed by atoms with Gasteiger partial charge in [-0.2, -0.15) is 0 Å². The number of ether oxygens (including phenoxy) is 2. The van der Waals surface area contributed by atoms with Gasteiger partial charge in [-0.15, -0.1) is 0 Å². The SMILES string of the molecule is COc1cc(-c2ccc(C3CCc4ccc(C(C5CC5)[C@H](C)C(=O)O)cc4O3)cc2CN(C)C2CC2)c(F)cn1. The van der Waals surface area contributed by atoms with Crippen molar-refractivity contribution < 1.29 is 23.8 Å². The molecule has 3 atom stereocenters. The minimum atomic E-state index is -0.750. The minimum absolute atomic E-state index is 0.00266. The van der Waals surface area contributed by atoms with E-state index >= 15 is 0 Å². The maximum absolute atomic E-state index is 15.0. The number of nitrogens with zero attached hydrogens (tertiary/aromatic N) is 2. The largest absolute Gasteiger partial charge is 0.485 e. The highest BCUT2D eigenvalue weighted by Gasteiger charge is 2.39. The Balaban J connectivity index is 1.31. The van der Waals surface area contributed by atoms with Gasteiger partial charge in [0.15, 0.2) is 0 Å². The first kappa shape index (κ1) is 26.8. The van der Waals surface area contributed by atoms with Gasteiger partial charge in [0.2, 0.25) is 5.88 Å². The Hall–Kier alpha value is -3.45. The number of carbonyl (C=O) groups is 1. The molecule has 0 saturated heterocycles. The molecule has 0 bridgehead atoms. The van der Waals surface area contributed by atoms with Gasteiger partial charge in [0.25, 0.3) is 0 Å². The molecule has 3 aromatic rings. The zero-order valence-electron chi connectivity index (χ0n) is 23.4. The van der Waals surface area contributed by atoms with E-state index in [2.05, 4.69) is 41.2 Å². The Morgan fingerprint density at radius 1 is 1.12 bits per heavy atom. The Morgan fingerprint density at radius 2 is 1.93 bits per heavy atom. The number of pyridine rings is 1. The maximum Gasteiger partial charge on any atom is 0.306 e. The number of aliphatic carboxylic acids is 1. The molecule has 1 aromatic heterocycles. The van der Waals surface area contributed by atoms with Gasteiger partial charge in [-0.1, -0.05) is 37.3 Å². The summed E-state index contributed by atoms with van der Waals surface area (Å²) in [6.07, 6.45) is 7.36. The predicted molar refractivity (Wildman–Crippen MR) is 151 cm³/mol. The van der Waals surface area contributed by atoms with Crippen molar-refractivity contribution in [3.8, 4) is 22.8 Å². The fourth-order valence-corrected chi connectivity index (χ4v) is 6.26. The molecule has 6 rings (SSSR count). The summed E-state index contributed by atoms with van der Waals surface area (Å²) in [5.41, 5.74) is 5.65. The molecule has 1 N–H and O–H groups in total. The zero-order valence-corrected chi connectivity index (χ0v) is 23.4. The Kier molecular flexibility index (Phi) is 7.26. The van der Waals surface area contributed by atoms with E-state index in [1.54, 1.807) is 6.07 Å². The number of carboxylic acid groups (broad SMARTS) is 1. The molecule has 2 aromatic carbocycles. The van der Waals surface area contributed by atoms with E-state index in [1.807, 2.05) is 19.1 Å². The quantitative estimate of drug-likeness (QED) is 0.304. The van der Waals surface area contributed by atoms with Crippen LogP contribution in [0.5, 0.6) is 11.6 Å². The summed E-state index contributed by atoms with van der Waals surface area (Å²) >= 11 is 0. The molecule has 2 fully saturated rings. The molecule has 7 heteroatoms. The average Bonchev–Trinajstić information content (AvgIpc) is 3.87. The van der Waals surface area contributed by atoms with Crippen molar-refractivity contribution in [1.29, 1.82) is 0 Å². The first-order chi connectivity index (χ1) is 19.3. The molecule has 2 aliphatic carbocycles. The van der Waals surface area contributed by atoms with Crippen molar-refractivity contribution in [2.75, 3.05) is 14.2 Å². The van der Waals surface area contributed by atoms with Crippen LogP contribution in [-0.4, -0.2) is 41.2 Å². The van der Waals surface area contributed by atoms with Crippen LogP contribution in [0.1, 0.15) is 73.3 Å². The summed E-state index contributed by atoms with van der Waals surface area (Å²) in [5, 5.41) is 9.73. The number of benzene rings is 2. The highest BCUT2D eigenvalue weighted by atomic mass is 19.1. The lowest BCUT2D eigenvalue weighted by molar-refractivity contribution is -0.142. The summed E-state index contributed by atoms with van der Waals surface area (Å²) < 4.78 is 26.9. The predicted octanol–water partition coefficient (Wildman–Crippen LogP) is 6.77. The number of halogens is 1. The van der Waals surface area contributed by atoms with Gasteiger partial charge in [-0.3, -0.25) is 9.69 Å². The molecule has 40 heavy (non-hydrogen) atoms. The van der Waals surface area contributed by atoms with Gasteiger partial charge in [0.1, 0.15) is 17.7 Å². The van der Waals surface area contributed by atoms with Crippen molar-refractivity contribution in [2.24, 2.45) is 11.8 Å². The Bertz CT molecular complexity index is 1420.